The van der Waals surface area contributed by atoms with E-state index in [0.29, 0.717) is 6.61 Å². The van der Waals surface area contributed by atoms with Crippen LogP contribution in [0.2, 0.25) is 0 Å². The number of amides is 1. The second-order valence-corrected chi connectivity index (χ2v) is 5.53. The Labute approximate surface area is 118 Å². The first-order chi connectivity index (χ1) is 9.13. The van der Waals surface area contributed by atoms with Crippen LogP contribution in [0.25, 0.3) is 0 Å². The van der Waals surface area contributed by atoms with Gasteiger partial charge in [0.05, 0.1) is 18.5 Å². The van der Waals surface area contributed by atoms with Crippen molar-refractivity contribution in [3.63, 3.8) is 0 Å². The van der Waals surface area contributed by atoms with E-state index in [4.69, 9.17) is 15.2 Å². The van der Waals surface area contributed by atoms with Gasteiger partial charge in [0.1, 0.15) is 11.5 Å². The van der Waals surface area contributed by atoms with Crippen molar-refractivity contribution in [1.29, 1.82) is 0 Å². The molecule has 0 fully saturated rings. The smallest absolute Gasteiger partial charge is 0.230 e. The van der Waals surface area contributed by atoms with Gasteiger partial charge < -0.3 is 15.2 Å². The first-order valence-corrected chi connectivity index (χ1v) is 7.45. The van der Waals surface area contributed by atoms with E-state index in [0.717, 1.165) is 30.3 Å². The minimum atomic E-state index is -0.289. The molecule has 0 aliphatic carbocycles. The minimum absolute atomic E-state index is 0.173. The molecular weight excluding hydrogens is 262 g/mol. The van der Waals surface area contributed by atoms with Gasteiger partial charge in [-0.05, 0) is 37.6 Å². The van der Waals surface area contributed by atoms with E-state index in [9.17, 15) is 4.79 Å². The molecule has 0 saturated carbocycles. The normalized spacial score (nSPS) is 11.9. The second-order valence-electron chi connectivity index (χ2n) is 4.08. The number of thioether (sulfide) groups is 1. The largest absolute Gasteiger partial charge is 0.494 e. The lowest BCUT2D eigenvalue weighted by Crippen LogP contribution is -2.23. The van der Waals surface area contributed by atoms with Crippen LogP contribution in [-0.2, 0) is 4.79 Å². The summed E-state index contributed by atoms with van der Waals surface area (Å²) in [5, 5.41) is -0.173. The highest BCUT2D eigenvalue weighted by molar-refractivity contribution is 8.00. The number of rotatable bonds is 9. The number of ether oxygens (including phenoxy) is 2. The fraction of sp³-hybridized carbons (Fsp3) is 0.500. The third kappa shape index (κ3) is 6.38. The van der Waals surface area contributed by atoms with Crippen molar-refractivity contribution < 1.29 is 14.3 Å². The third-order valence-corrected chi connectivity index (χ3v) is 3.55. The van der Waals surface area contributed by atoms with E-state index in [-0.39, 0.29) is 11.2 Å². The Morgan fingerprint density at radius 2 is 1.74 bits per heavy atom. The van der Waals surface area contributed by atoms with Gasteiger partial charge in [0, 0.05) is 5.75 Å². The van der Waals surface area contributed by atoms with Gasteiger partial charge in [-0.25, -0.2) is 0 Å². The lowest BCUT2D eigenvalue weighted by atomic mass is 10.3. The van der Waals surface area contributed by atoms with Gasteiger partial charge in [-0.1, -0.05) is 6.92 Å². The molecule has 0 aliphatic heterocycles. The quantitative estimate of drug-likeness (QED) is 0.707. The highest BCUT2D eigenvalue weighted by Gasteiger charge is 2.08. The lowest BCUT2D eigenvalue weighted by molar-refractivity contribution is -0.117. The van der Waals surface area contributed by atoms with Crippen LogP contribution in [0.4, 0.5) is 0 Å². The molecule has 0 spiro atoms. The summed E-state index contributed by atoms with van der Waals surface area (Å²) in [6.07, 6.45) is 0.994. The molecule has 0 aromatic heterocycles. The van der Waals surface area contributed by atoms with Gasteiger partial charge in [0.2, 0.25) is 5.91 Å². The number of carbonyl (C=O) groups is 1. The molecule has 1 aromatic carbocycles. The summed E-state index contributed by atoms with van der Waals surface area (Å²) in [6, 6.07) is 7.55. The van der Waals surface area contributed by atoms with Crippen LogP contribution in [0, 0.1) is 0 Å². The number of primary amides is 1. The van der Waals surface area contributed by atoms with E-state index in [1.165, 1.54) is 11.8 Å². The third-order valence-electron chi connectivity index (χ3n) is 2.42. The van der Waals surface area contributed by atoms with Gasteiger partial charge in [-0.15, -0.1) is 11.8 Å². The number of benzene rings is 1. The summed E-state index contributed by atoms with van der Waals surface area (Å²) >= 11 is 1.49. The minimum Gasteiger partial charge on any atom is -0.494 e. The van der Waals surface area contributed by atoms with Crippen molar-refractivity contribution in [2.75, 3.05) is 19.0 Å². The van der Waals surface area contributed by atoms with Gasteiger partial charge >= 0.3 is 0 Å². The Morgan fingerprint density at radius 1 is 1.21 bits per heavy atom. The molecule has 1 amide bonds. The molecule has 1 aromatic rings. The topological polar surface area (TPSA) is 61.6 Å². The fourth-order valence-corrected chi connectivity index (χ4v) is 2.02. The van der Waals surface area contributed by atoms with Crippen LogP contribution in [0.3, 0.4) is 0 Å². The van der Waals surface area contributed by atoms with E-state index < -0.39 is 0 Å². The molecule has 106 valence electrons. The molecule has 0 saturated heterocycles. The summed E-state index contributed by atoms with van der Waals surface area (Å²) in [6.45, 7) is 5.15. The van der Waals surface area contributed by atoms with Crippen molar-refractivity contribution in [1.82, 2.24) is 0 Å². The molecule has 5 heteroatoms. The van der Waals surface area contributed by atoms with Crippen LogP contribution < -0.4 is 15.2 Å². The van der Waals surface area contributed by atoms with E-state index >= 15 is 0 Å². The standard InChI is InChI=1S/C14H21NO3S/c1-3-8-17-12-4-6-13(7-5-12)18-9-10-19-11(2)14(15)16/h4-7,11H,3,8-10H2,1-2H3,(H2,15,16)/t11-/m0/s1. The summed E-state index contributed by atoms with van der Waals surface area (Å²) in [7, 11) is 0. The van der Waals surface area contributed by atoms with Crippen molar-refractivity contribution in [2.45, 2.75) is 25.5 Å². The maximum absolute atomic E-state index is 10.8. The Kier molecular flexibility index (Phi) is 7.18. The number of nitrogens with two attached hydrogens (primary N) is 1. The highest BCUT2D eigenvalue weighted by atomic mass is 32.2. The summed E-state index contributed by atoms with van der Waals surface area (Å²) in [5.74, 6) is 2.10. The Bertz CT molecular complexity index is 381. The molecule has 0 radical (unpaired) electrons. The predicted octanol–water partition coefficient (Wildman–Crippen LogP) is 2.46. The molecule has 19 heavy (non-hydrogen) atoms. The van der Waals surface area contributed by atoms with E-state index in [1.807, 2.05) is 24.3 Å². The maximum Gasteiger partial charge on any atom is 0.230 e. The number of carbonyl (C=O) groups excluding carboxylic acids is 1. The maximum atomic E-state index is 10.8. The Morgan fingerprint density at radius 3 is 2.21 bits per heavy atom. The van der Waals surface area contributed by atoms with E-state index in [1.54, 1.807) is 6.92 Å². The average molecular weight is 283 g/mol. The zero-order chi connectivity index (χ0) is 14.1. The highest BCUT2D eigenvalue weighted by Crippen LogP contribution is 2.18. The second kappa shape index (κ2) is 8.69. The van der Waals surface area contributed by atoms with Gasteiger partial charge in [0.25, 0.3) is 0 Å². The molecule has 2 N–H and O–H groups in total. The van der Waals surface area contributed by atoms with Crippen molar-refractivity contribution in [3.8, 4) is 11.5 Å². The fourth-order valence-electron chi connectivity index (χ4n) is 1.32. The SMILES string of the molecule is CCCOc1ccc(OCCS[C@@H](C)C(N)=O)cc1. The summed E-state index contributed by atoms with van der Waals surface area (Å²) in [4.78, 5) is 10.8. The zero-order valence-corrected chi connectivity index (χ0v) is 12.2. The molecule has 0 heterocycles. The van der Waals surface area contributed by atoms with Gasteiger partial charge in [0.15, 0.2) is 0 Å². The van der Waals surface area contributed by atoms with Crippen molar-refractivity contribution in [3.05, 3.63) is 24.3 Å². The Hall–Kier alpha value is -1.36. The van der Waals surface area contributed by atoms with Gasteiger partial charge in [-0.2, -0.15) is 0 Å². The van der Waals surface area contributed by atoms with E-state index in [2.05, 4.69) is 6.92 Å². The summed E-state index contributed by atoms with van der Waals surface area (Å²) < 4.78 is 11.0. The monoisotopic (exact) mass is 283 g/mol. The summed E-state index contributed by atoms with van der Waals surface area (Å²) in [5.41, 5.74) is 5.17. The molecule has 1 rings (SSSR count). The van der Waals surface area contributed by atoms with Crippen LogP contribution in [0.1, 0.15) is 20.3 Å². The molecule has 0 unspecified atom stereocenters. The van der Waals surface area contributed by atoms with Gasteiger partial charge in [-0.3, -0.25) is 4.79 Å². The van der Waals surface area contributed by atoms with Crippen molar-refractivity contribution in [2.24, 2.45) is 5.73 Å². The van der Waals surface area contributed by atoms with Crippen molar-refractivity contribution >= 4 is 17.7 Å². The first kappa shape index (κ1) is 15.7. The molecular formula is C14H21NO3S. The number of hydrogen-bond donors (Lipinski definition) is 1. The Balaban J connectivity index is 2.24. The molecule has 1 atom stereocenters. The van der Waals surface area contributed by atoms with Crippen LogP contribution in [0.5, 0.6) is 11.5 Å². The zero-order valence-electron chi connectivity index (χ0n) is 11.4. The van der Waals surface area contributed by atoms with Crippen LogP contribution in [0.15, 0.2) is 24.3 Å². The molecule has 4 nitrogen and oxygen atoms in total. The first-order valence-electron chi connectivity index (χ1n) is 6.40. The lowest BCUT2D eigenvalue weighted by Gasteiger charge is -2.09. The number of hydrogen-bond acceptors (Lipinski definition) is 4. The molecule has 0 bridgehead atoms. The molecule has 0 aliphatic rings. The predicted molar refractivity (Wildman–Crippen MR) is 78.8 cm³/mol. The average Bonchev–Trinajstić information content (AvgIpc) is 2.42. The van der Waals surface area contributed by atoms with Crippen LogP contribution in [-0.4, -0.2) is 30.1 Å². The van der Waals surface area contributed by atoms with Crippen LogP contribution >= 0.6 is 11.8 Å².